The van der Waals surface area contributed by atoms with Crippen molar-refractivity contribution in [3.63, 3.8) is 0 Å². The van der Waals surface area contributed by atoms with E-state index in [9.17, 15) is 9.59 Å². The maximum Gasteiger partial charge on any atom is 0.336 e. The minimum Gasteiger partial charge on any atom is -0.484 e. The Kier molecular flexibility index (Phi) is 4.43. The SMILES string of the molecule is C[C@@H](NC(=O)COc1ccc2ccc(=O)oc2c1)c1cccs1. The van der Waals surface area contributed by atoms with E-state index in [0.29, 0.717) is 11.3 Å². The summed E-state index contributed by atoms with van der Waals surface area (Å²) in [6, 6.07) is 12.0. The van der Waals surface area contributed by atoms with Gasteiger partial charge in [-0.1, -0.05) is 6.07 Å². The lowest BCUT2D eigenvalue weighted by Crippen LogP contribution is -2.30. The van der Waals surface area contributed by atoms with E-state index < -0.39 is 5.63 Å². The Morgan fingerprint density at radius 3 is 2.91 bits per heavy atom. The molecule has 0 radical (unpaired) electrons. The maximum atomic E-state index is 11.9. The first-order chi connectivity index (χ1) is 11.1. The zero-order valence-corrected chi connectivity index (χ0v) is 13.3. The standard InChI is InChI=1S/C17H15NO4S/c1-11(15-3-2-8-23-15)18-16(19)10-21-13-6-4-12-5-7-17(20)22-14(12)9-13/h2-9,11H,10H2,1H3,(H,18,19)/t11-/m1/s1. The summed E-state index contributed by atoms with van der Waals surface area (Å²) in [5.74, 6) is 0.270. The first-order valence-electron chi connectivity index (χ1n) is 7.11. The molecule has 118 valence electrons. The quantitative estimate of drug-likeness (QED) is 0.730. The molecule has 0 spiro atoms. The van der Waals surface area contributed by atoms with Gasteiger partial charge < -0.3 is 14.5 Å². The molecular formula is C17H15NO4S. The van der Waals surface area contributed by atoms with Crippen LogP contribution in [0.5, 0.6) is 5.75 Å². The molecule has 0 unspecified atom stereocenters. The van der Waals surface area contributed by atoms with Gasteiger partial charge in [-0.3, -0.25) is 4.79 Å². The fourth-order valence-electron chi connectivity index (χ4n) is 2.17. The lowest BCUT2D eigenvalue weighted by molar-refractivity contribution is -0.123. The number of amides is 1. The Morgan fingerprint density at radius 2 is 2.13 bits per heavy atom. The molecule has 0 aliphatic carbocycles. The molecule has 3 rings (SSSR count). The van der Waals surface area contributed by atoms with Gasteiger partial charge in [0, 0.05) is 22.4 Å². The number of fused-ring (bicyclic) bond motifs is 1. The molecule has 0 aliphatic heterocycles. The van der Waals surface area contributed by atoms with Gasteiger partial charge in [0.25, 0.3) is 5.91 Å². The van der Waals surface area contributed by atoms with Crippen LogP contribution in [0.3, 0.4) is 0 Å². The van der Waals surface area contributed by atoms with E-state index >= 15 is 0 Å². The lowest BCUT2D eigenvalue weighted by Gasteiger charge is -2.13. The van der Waals surface area contributed by atoms with Gasteiger partial charge in [-0.15, -0.1) is 11.3 Å². The smallest absolute Gasteiger partial charge is 0.336 e. The summed E-state index contributed by atoms with van der Waals surface area (Å²) in [6.07, 6.45) is 0. The molecule has 0 saturated carbocycles. The van der Waals surface area contributed by atoms with Crippen LogP contribution in [-0.4, -0.2) is 12.5 Å². The van der Waals surface area contributed by atoms with Crippen LogP contribution < -0.4 is 15.7 Å². The van der Waals surface area contributed by atoms with Gasteiger partial charge in [-0.05, 0) is 36.6 Å². The number of ether oxygens (including phenoxy) is 1. The lowest BCUT2D eigenvalue weighted by atomic mass is 10.2. The molecule has 1 N–H and O–H groups in total. The maximum absolute atomic E-state index is 11.9. The molecular weight excluding hydrogens is 314 g/mol. The van der Waals surface area contributed by atoms with Gasteiger partial charge in [-0.2, -0.15) is 0 Å². The molecule has 6 heteroatoms. The fraction of sp³-hybridized carbons (Fsp3) is 0.176. The zero-order valence-electron chi connectivity index (χ0n) is 12.4. The molecule has 0 fully saturated rings. The van der Waals surface area contributed by atoms with Gasteiger partial charge in [-0.25, -0.2) is 4.79 Å². The summed E-state index contributed by atoms with van der Waals surface area (Å²) in [4.78, 5) is 24.2. The first kappa shape index (κ1) is 15.3. The first-order valence-corrected chi connectivity index (χ1v) is 7.99. The summed E-state index contributed by atoms with van der Waals surface area (Å²) in [5.41, 5.74) is 0.0135. The average Bonchev–Trinajstić information content (AvgIpc) is 3.07. The van der Waals surface area contributed by atoms with Crippen molar-refractivity contribution in [2.45, 2.75) is 13.0 Å². The molecule has 3 aromatic rings. The molecule has 0 aliphatic rings. The molecule has 5 nitrogen and oxygen atoms in total. The normalized spacial score (nSPS) is 12.0. The van der Waals surface area contributed by atoms with Crippen LogP contribution >= 0.6 is 11.3 Å². The van der Waals surface area contributed by atoms with E-state index in [1.165, 1.54) is 6.07 Å². The minimum atomic E-state index is -0.419. The number of benzene rings is 1. The number of hydrogen-bond acceptors (Lipinski definition) is 5. The van der Waals surface area contributed by atoms with Crippen molar-refractivity contribution in [1.29, 1.82) is 0 Å². The van der Waals surface area contributed by atoms with Crippen molar-refractivity contribution in [3.05, 3.63) is 63.1 Å². The highest BCUT2D eigenvalue weighted by Gasteiger charge is 2.11. The van der Waals surface area contributed by atoms with Crippen molar-refractivity contribution in [1.82, 2.24) is 5.32 Å². The summed E-state index contributed by atoms with van der Waals surface area (Å²) < 4.78 is 10.6. The van der Waals surface area contributed by atoms with E-state index in [2.05, 4.69) is 5.32 Å². The number of rotatable bonds is 5. The van der Waals surface area contributed by atoms with Crippen molar-refractivity contribution in [2.24, 2.45) is 0 Å². The Bertz CT molecular complexity index is 870. The summed E-state index contributed by atoms with van der Waals surface area (Å²) in [5, 5.41) is 5.64. The number of hydrogen-bond donors (Lipinski definition) is 1. The summed E-state index contributed by atoms with van der Waals surface area (Å²) in [7, 11) is 0. The van der Waals surface area contributed by atoms with E-state index in [0.717, 1.165) is 10.3 Å². The van der Waals surface area contributed by atoms with Gasteiger partial charge in [0.1, 0.15) is 11.3 Å². The Labute approximate surface area is 136 Å². The van der Waals surface area contributed by atoms with E-state index in [4.69, 9.17) is 9.15 Å². The number of carbonyl (C=O) groups is 1. The highest BCUT2D eigenvalue weighted by molar-refractivity contribution is 7.10. The Hall–Kier alpha value is -2.60. The van der Waals surface area contributed by atoms with Crippen LogP contribution in [0.4, 0.5) is 0 Å². The van der Waals surface area contributed by atoms with Crippen molar-refractivity contribution in [3.8, 4) is 5.75 Å². The molecule has 0 saturated heterocycles. The number of nitrogens with one attached hydrogen (secondary N) is 1. The summed E-state index contributed by atoms with van der Waals surface area (Å²) in [6.45, 7) is 1.83. The Balaban J connectivity index is 1.61. The third kappa shape index (κ3) is 3.78. The molecule has 1 amide bonds. The van der Waals surface area contributed by atoms with E-state index in [1.54, 1.807) is 35.6 Å². The molecule has 23 heavy (non-hydrogen) atoms. The van der Waals surface area contributed by atoms with Gasteiger partial charge in [0.2, 0.25) is 0 Å². The van der Waals surface area contributed by atoms with Crippen LogP contribution in [0.1, 0.15) is 17.8 Å². The van der Waals surface area contributed by atoms with Crippen molar-refractivity contribution < 1.29 is 13.9 Å². The molecule has 2 heterocycles. The van der Waals surface area contributed by atoms with Crippen LogP contribution in [0, 0.1) is 0 Å². The van der Waals surface area contributed by atoms with Crippen LogP contribution in [0.15, 0.2) is 57.1 Å². The van der Waals surface area contributed by atoms with Crippen LogP contribution in [-0.2, 0) is 4.79 Å². The van der Waals surface area contributed by atoms with Crippen LogP contribution in [0.2, 0.25) is 0 Å². The molecule has 1 aromatic carbocycles. The van der Waals surface area contributed by atoms with Gasteiger partial charge >= 0.3 is 5.63 Å². The van der Waals surface area contributed by atoms with Gasteiger partial charge in [0.05, 0.1) is 6.04 Å². The number of carbonyl (C=O) groups excluding carboxylic acids is 1. The second kappa shape index (κ2) is 6.66. The largest absolute Gasteiger partial charge is 0.484 e. The van der Waals surface area contributed by atoms with Crippen molar-refractivity contribution in [2.75, 3.05) is 6.61 Å². The number of thiophene rings is 1. The van der Waals surface area contributed by atoms with E-state index in [1.807, 2.05) is 24.4 Å². The minimum absolute atomic E-state index is 0.0549. The van der Waals surface area contributed by atoms with E-state index in [-0.39, 0.29) is 18.6 Å². The Morgan fingerprint density at radius 1 is 1.30 bits per heavy atom. The van der Waals surface area contributed by atoms with Gasteiger partial charge in [0.15, 0.2) is 6.61 Å². The monoisotopic (exact) mass is 329 g/mol. The zero-order chi connectivity index (χ0) is 16.2. The molecule has 2 aromatic heterocycles. The predicted octanol–water partition coefficient (Wildman–Crippen LogP) is 3.11. The second-order valence-electron chi connectivity index (χ2n) is 5.05. The third-order valence-electron chi connectivity index (χ3n) is 3.31. The predicted molar refractivity (Wildman–Crippen MR) is 88.9 cm³/mol. The topological polar surface area (TPSA) is 68.5 Å². The molecule has 1 atom stereocenters. The van der Waals surface area contributed by atoms with Crippen LogP contribution in [0.25, 0.3) is 11.0 Å². The highest BCUT2D eigenvalue weighted by Crippen LogP contribution is 2.20. The average molecular weight is 329 g/mol. The highest BCUT2D eigenvalue weighted by atomic mass is 32.1. The fourth-order valence-corrected chi connectivity index (χ4v) is 2.91. The third-order valence-corrected chi connectivity index (χ3v) is 4.37. The molecule has 0 bridgehead atoms. The summed E-state index contributed by atoms with van der Waals surface area (Å²) >= 11 is 1.59. The second-order valence-corrected chi connectivity index (χ2v) is 6.03. The van der Waals surface area contributed by atoms with Crippen molar-refractivity contribution >= 4 is 28.2 Å².